The van der Waals surface area contributed by atoms with Crippen molar-refractivity contribution in [1.82, 2.24) is 36.5 Å². The number of amides is 9. The van der Waals surface area contributed by atoms with Crippen molar-refractivity contribution in [2.24, 2.45) is 0 Å². The van der Waals surface area contributed by atoms with Crippen LogP contribution in [-0.2, 0) is 62.3 Å². The summed E-state index contributed by atoms with van der Waals surface area (Å²) < 4.78 is 9.99. The molecule has 0 bridgehead atoms. The van der Waals surface area contributed by atoms with E-state index >= 15 is 0 Å². The van der Waals surface area contributed by atoms with Crippen molar-refractivity contribution in [3.8, 4) is 0 Å². The van der Waals surface area contributed by atoms with Gasteiger partial charge in [-0.3, -0.25) is 48.1 Å². The van der Waals surface area contributed by atoms with Crippen molar-refractivity contribution in [1.29, 1.82) is 0 Å². The molecular weight excluding hydrogens is 678 g/mol. The molecule has 0 aromatic carbocycles. The second-order valence-electron chi connectivity index (χ2n) is 11.5. The van der Waals surface area contributed by atoms with E-state index in [0.29, 0.717) is 24.5 Å². The van der Waals surface area contributed by atoms with Gasteiger partial charge in [-0.15, -0.1) is 5.06 Å². The fourth-order valence-electron chi connectivity index (χ4n) is 4.53. The zero-order chi connectivity index (χ0) is 37.9. The molecule has 0 saturated carbocycles. The number of unbranched alkanes of at least 4 members (excludes halogenated alkanes) is 1. The first-order valence-electron chi connectivity index (χ1n) is 16.3. The normalized spacial score (nSPS) is 15.7. The molecule has 1 fully saturated rings. The molecule has 0 aromatic rings. The lowest BCUT2D eigenvalue weighted by Gasteiger charge is -2.22. The molecule has 9 amide bonds. The number of hydrogen-bond acceptors (Lipinski definition) is 13. The molecular formula is C31H45N7O13. The minimum absolute atomic E-state index is 0.00573. The van der Waals surface area contributed by atoms with Crippen LogP contribution in [0.2, 0.25) is 0 Å². The number of ether oxygens (including phenoxy) is 2. The molecule has 282 valence electrons. The van der Waals surface area contributed by atoms with E-state index in [9.17, 15) is 47.9 Å². The van der Waals surface area contributed by atoms with Crippen LogP contribution in [0.1, 0.15) is 58.8 Å². The van der Waals surface area contributed by atoms with Crippen molar-refractivity contribution in [2.75, 3.05) is 46.6 Å². The quantitative estimate of drug-likeness (QED) is 0.0516. The fraction of sp³-hybridized carbons (Fsp3) is 0.613. The number of rotatable bonds is 23. The lowest BCUT2D eigenvalue weighted by molar-refractivity contribution is -0.196. The molecule has 3 atom stereocenters. The zero-order valence-corrected chi connectivity index (χ0v) is 28.8. The van der Waals surface area contributed by atoms with Crippen LogP contribution in [-0.4, -0.2) is 134 Å². The predicted octanol–water partition coefficient (Wildman–Crippen LogP) is -3.14. The van der Waals surface area contributed by atoms with Gasteiger partial charge >= 0.3 is 5.97 Å². The van der Waals surface area contributed by atoms with Crippen molar-refractivity contribution >= 4 is 59.1 Å². The average Bonchev–Trinajstić information content (AvgIpc) is 3.58. The van der Waals surface area contributed by atoms with Crippen LogP contribution in [0.4, 0.5) is 0 Å². The largest absolute Gasteiger partial charge is 0.382 e. The first-order valence-corrected chi connectivity index (χ1v) is 16.3. The molecule has 5 N–H and O–H groups in total. The van der Waals surface area contributed by atoms with Crippen LogP contribution in [0.5, 0.6) is 0 Å². The molecule has 2 rings (SSSR count). The Hall–Kier alpha value is -5.24. The zero-order valence-electron chi connectivity index (χ0n) is 28.8. The summed E-state index contributed by atoms with van der Waals surface area (Å²) in [6.07, 6.45) is 3.04. The molecule has 0 radical (unpaired) electrons. The number of carbonyl (C=O) groups excluding carboxylic acids is 10. The topological polar surface area (TPSA) is 265 Å². The van der Waals surface area contributed by atoms with E-state index in [4.69, 9.17) is 9.47 Å². The maximum Gasteiger partial charge on any atom is 0.352 e. The number of methoxy groups -OCH3 is 1. The SMILES string of the molecule is COCCOCC(=O)NCCCC[C@H](NC(=O)CCCN1C(=O)C=CC1=O)C(=O)N[C@@H](C)C(=O)N[C@@H](C)C(=O)NCC(=O)ON1C(=O)CCC1=O. The third-order valence-corrected chi connectivity index (χ3v) is 7.35. The molecule has 0 spiro atoms. The number of nitrogens with zero attached hydrogens (tertiary/aromatic N) is 2. The van der Waals surface area contributed by atoms with Gasteiger partial charge in [-0.1, -0.05) is 0 Å². The smallest absolute Gasteiger partial charge is 0.352 e. The molecule has 2 aliphatic rings. The Bertz CT molecular complexity index is 1330. The summed E-state index contributed by atoms with van der Waals surface area (Å²) in [5.41, 5.74) is 0. The monoisotopic (exact) mass is 723 g/mol. The average molecular weight is 724 g/mol. The summed E-state index contributed by atoms with van der Waals surface area (Å²) in [5.74, 6) is -6.58. The first-order chi connectivity index (χ1) is 24.2. The van der Waals surface area contributed by atoms with Crippen LogP contribution >= 0.6 is 0 Å². The van der Waals surface area contributed by atoms with Crippen LogP contribution in [0.3, 0.4) is 0 Å². The molecule has 51 heavy (non-hydrogen) atoms. The molecule has 2 aliphatic heterocycles. The van der Waals surface area contributed by atoms with Crippen molar-refractivity contribution in [2.45, 2.75) is 76.9 Å². The lowest BCUT2D eigenvalue weighted by atomic mass is 10.1. The predicted molar refractivity (Wildman–Crippen MR) is 172 cm³/mol. The first kappa shape index (κ1) is 41.9. The van der Waals surface area contributed by atoms with Gasteiger partial charge in [0, 0.05) is 51.6 Å². The third kappa shape index (κ3) is 15.0. The van der Waals surface area contributed by atoms with Gasteiger partial charge in [0.05, 0.1) is 13.2 Å². The van der Waals surface area contributed by atoms with Crippen LogP contribution in [0.25, 0.3) is 0 Å². The number of nitrogens with one attached hydrogen (secondary N) is 5. The van der Waals surface area contributed by atoms with E-state index in [1.165, 1.54) is 21.0 Å². The summed E-state index contributed by atoms with van der Waals surface area (Å²) in [6.45, 7) is 2.69. The molecule has 20 nitrogen and oxygen atoms in total. The van der Waals surface area contributed by atoms with Crippen molar-refractivity contribution in [3.63, 3.8) is 0 Å². The van der Waals surface area contributed by atoms with Crippen LogP contribution in [0, 0.1) is 0 Å². The molecule has 0 aromatic heterocycles. The minimum atomic E-state index is -1.18. The maximum atomic E-state index is 13.2. The van der Waals surface area contributed by atoms with Gasteiger partial charge in [-0.05, 0) is 39.5 Å². The van der Waals surface area contributed by atoms with E-state index in [1.807, 2.05) is 0 Å². The van der Waals surface area contributed by atoms with Gasteiger partial charge in [-0.25, -0.2) is 4.79 Å². The third-order valence-electron chi connectivity index (χ3n) is 7.35. The van der Waals surface area contributed by atoms with E-state index in [1.54, 1.807) is 0 Å². The van der Waals surface area contributed by atoms with Gasteiger partial charge in [0.2, 0.25) is 29.5 Å². The van der Waals surface area contributed by atoms with E-state index in [0.717, 1.165) is 17.1 Å². The Kier molecular flexibility index (Phi) is 17.9. The van der Waals surface area contributed by atoms with E-state index < -0.39 is 77.9 Å². The Morgan fingerprint density at radius 2 is 1.39 bits per heavy atom. The Balaban J connectivity index is 1.86. The number of carbonyl (C=O) groups is 10. The van der Waals surface area contributed by atoms with Crippen molar-refractivity contribution < 1.29 is 62.3 Å². The minimum Gasteiger partial charge on any atom is -0.382 e. The van der Waals surface area contributed by atoms with Crippen LogP contribution < -0.4 is 26.6 Å². The highest BCUT2D eigenvalue weighted by Crippen LogP contribution is 2.12. The summed E-state index contributed by atoms with van der Waals surface area (Å²) in [7, 11) is 1.51. The van der Waals surface area contributed by atoms with E-state index in [-0.39, 0.29) is 64.3 Å². The lowest BCUT2D eigenvalue weighted by Crippen LogP contribution is -2.55. The van der Waals surface area contributed by atoms with Gasteiger partial charge in [-0.2, -0.15) is 0 Å². The maximum absolute atomic E-state index is 13.2. The Morgan fingerprint density at radius 1 is 0.765 bits per heavy atom. The van der Waals surface area contributed by atoms with E-state index in [2.05, 4.69) is 31.4 Å². The fourth-order valence-corrected chi connectivity index (χ4v) is 4.53. The summed E-state index contributed by atoms with van der Waals surface area (Å²) in [4.78, 5) is 127. The van der Waals surface area contributed by atoms with Gasteiger partial charge in [0.1, 0.15) is 31.3 Å². The highest BCUT2D eigenvalue weighted by molar-refractivity contribution is 6.12. The van der Waals surface area contributed by atoms with Crippen LogP contribution in [0.15, 0.2) is 12.2 Å². The molecule has 1 saturated heterocycles. The highest BCUT2D eigenvalue weighted by Gasteiger charge is 2.33. The summed E-state index contributed by atoms with van der Waals surface area (Å²) in [5, 5.41) is 12.7. The van der Waals surface area contributed by atoms with Gasteiger partial charge < -0.3 is 40.9 Å². The Labute approximate surface area is 293 Å². The number of imide groups is 2. The standard InChI is InChI=1S/C31H45N7O13/c1-19(29(46)33-17-28(45)51-38-26(43)11-12-27(38)44)34-30(47)20(2)35-31(48)21(7-4-5-13-32-23(40)18-50-16-15-49-3)36-22(39)8-6-14-37-24(41)9-10-25(37)42/h9-10,19-21H,4-8,11-18H2,1-3H3,(H,32,40)(H,33,46)(H,34,47)(H,35,48)(H,36,39)/t19-,20-,21-/m0/s1. The highest BCUT2D eigenvalue weighted by atomic mass is 16.7. The van der Waals surface area contributed by atoms with Gasteiger partial charge in [0.25, 0.3) is 23.6 Å². The number of hydrogen-bond donors (Lipinski definition) is 5. The Morgan fingerprint density at radius 3 is 2.04 bits per heavy atom. The van der Waals surface area contributed by atoms with Gasteiger partial charge in [0.15, 0.2) is 0 Å². The molecule has 0 unspecified atom stereocenters. The summed E-state index contributed by atoms with van der Waals surface area (Å²) >= 11 is 0. The molecule has 20 heteroatoms. The second-order valence-corrected chi connectivity index (χ2v) is 11.5. The summed E-state index contributed by atoms with van der Waals surface area (Å²) in [6, 6.07) is -3.46. The number of hydroxylamine groups is 2. The molecule has 2 heterocycles. The molecule has 0 aliphatic carbocycles. The van der Waals surface area contributed by atoms with Crippen molar-refractivity contribution in [3.05, 3.63) is 12.2 Å². The second kappa shape index (κ2) is 21.8.